The van der Waals surface area contributed by atoms with Crippen LogP contribution in [-0.2, 0) is 12.8 Å². The summed E-state index contributed by atoms with van der Waals surface area (Å²) in [5.74, 6) is 0.943. The number of aliphatic imine (C=N–C) groups is 1. The molecule has 3 N–H and O–H groups in total. The Bertz CT molecular complexity index is 783. The summed E-state index contributed by atoms with van der Waals surface area (Å²) in [6.07, 6.45) is 8.44. The van der Waals surface area contributed by atoms with E-state index in [2.05, 4.69) is 65.3 Å². The third kappa shape index (κ3) is 5.16. The van der Waals surface area contributed by atoms with Crippen molar-refractivity contribution in [3.05, 3.63) is 48.2 Å². The van der Waals surface area contributed by atoms with Crippen LogP contribution in [0.4, 0.5) is 0 Å². The molecule has 0 unspecified atom stereocenters. The van der Waals surface area contributed by atoms with E-state index in [0.29, 0.717) is 6.04 Å². The number of benzene rings is 1. The van der Waals surface area contributed by atoms with E-state index in [1.165, 1.54) is 22.0 Å². The molecular formula is C23H35N5. The number of hydrogen-bond donors (Lipinski definition) is 3. The second-order valence-electron chi connectivity index (χ2n) is 7.53. The molecule has 2 heterocycles. The van der Waals surface area contributed by atoms with Gasteiger partial charge in [0.15, 0.2) is 5.96 Å². The van der Waals surface area contributed by atoms with Gasteiger partial charge in [0.05, 0.1) is 0 Å². The Kier molecular flexibility index (Phi) is 7.54. The minimum absolute atomic E-state index is 0.499. The van der Waals surface area contributed by atoms with Gasteiger partial charge in [0, 0.05) is 55.9 Å². The Labute approximate surface area is 169 Å². The largest absolute Gasteiger partial charge is 0.361 e. The Hall–Kier alpha value is -2.27. The van der Waals surface area contributed by atoms with Gasteiger partial charge >= 0.3 is 0 Å². The van der Waals surface area contributed by atoms with Gasteiger partial charge in [-0.15, -0.1) is 6.58 Å². The summed E-state index contributed by atoms with van der Waals surface area (Å²) in [5, 5.41) is 8.37. The molecule has 1 aliphatic heterocycles. The molecule has 0 bridgehead atoms. The SMILES string of the molecule is C=CCN1CCC(NC(=NCCc2c[nH]c3c(CC)cccc23)NCC)CC1. The van der Waals surface area contributed by atoms with Crippen LogP contribution in [0.1, 0.15) is 37.8 Å². The summed E-state index contributed by atoms with van der Waals surface area (Å²) in [7, 11) is 0. The minimum atomic E-state index is 0.499. The van der Waals surface area contributed by atoms with Gasteiger partial charge in [0.2, 0.25) is 0 Å². The van der Waals surface area contributed by atoms with Crippen LogP contribution in [0, 0.1) is 0 Å². The third-order valence-corrected chi connectivity index (χ3v) is 5.58. The number of para-hydroxylation sites is 1. The Morgan fingerprint density at radius 2 is 2.11 bits per heavy atom. The number of guanidine groups is 1. The van der Waals surface area contributed by atoms with Crippen molar-refractivity contribution < 1.29 is 0 Å². The highest BCUT2D eigenvalue weighted by Gasteiger charge is 2.19. The maximum absolute atomic E-state index is 4.84. The van der Waals surface area contributed by atoms with Gasteiger partial charge in [-0.05, 0) is 43.7 Å². The molecule has 1 aromatic heterocycles. The van der Waals surface area contributed by atoms with Crippen LogP contribution in [0.3, 0.4) is 0 Å². The van der Waals surface area contributed by atoms with Gasteiger partial charge in [-0.25, -0.2) is 0 Å². The zero-order valence-corrected chi connectivity index (χ0v) is 17.4. The summed E-state index contributed by atoms with van der Waals surface area (Å²) in [6.45, 7) is 13.1. The maximum atomic E-state index is 4.84. The number of nitrogens with zero attached hydrogens (tertiary/aromatic N) is 2. The van der Waals surface area contributed by atoms with Crippen molar-refractivity contribution in [3.8, 4) is 0 Å². The van der Waals surface area contributed by atoms with Gasteiger partial charge in [-0.2, -0.15) is 0 Å². The first-order chi connectivity index (χ1) is 13.7. The monoisotopic (exact) mass is 381 g/mol. The fourth-order valence-corrected chi connectivity index (χ4v) is 4.02. The molecular weight excluding hydrogens is 346 g/mol. The Balaban J connectivity index is 1.57. The van der Waals surface area contributed by atoms with E-state index in [-0.39, 0.29) is 0 Å². The normalized spacial score (nSPS) is 16.4. The van der Waals surface area contributed by atoms with Gasteiger partial charge < -0.3 is 15.6 Å². The van der Waals surface area contributed by atoms with Crippen molar-refractivity contribution in [2.45, 2.75) is 45.6 Å². The predicted molar refractivity (Wildman–Crippen MR) is 120 cm³/mol. The molecule has 2 aromatic rings. The summed E-state index contributed by atoms with van der Waals surface area (Å²) >= 11 is 0. The van der Waals surface area contributed by atoms with Crippen molar-refractivity contribution in [2.75, 3.05) is 32.7 Å². The van der Waals surface area contributed by atoms with Gasteiger partial charge in [-0.1, -0.05) is 31.2 Å². The number of piperidine rings is 1. The minimum Gasteiger partial charge on any atom is -0.361 e. The highest BCUT2D eigenvalue weighted by atomic mass is 15.2. The number of H-pyrrole nitrogens is 1. The fourth-order valence-electron chi connectivity index (χ4n) is 4.02. The average Bonchev–Trinajstić information content (AvgIpc) is 3.13. The van der Waals surface area contributed by atoms with E-state index in [4.69, 9.17) is 4.99 Å². The lowest BCUT2D eigenvalue weighted by atomic mass is 10.1. The lowest BCUT2D eigenvalue weighted by Gasteiger charge is -2.32. The Morgan fingerprint density at radius 3 is 2.82 bits per heavy atom. The van der Waals surface area contributed by atoms with E-state index in [9.17, 15) is 0 Å². The van der Waals surface area contributed by atoms with E-state index in [1.54, 1.807) is 0 Å². The quantitative estimate of drug-likeness (QED) is 0.373. The average molecular weight is 382 g/mol. The molecule has 28 heavy (non-hydrogen) atoms. The molecule has 1 aromatic carbocycles. The molecule has 5 heteroatoms. The number of aromatic amines is 1. The summed E-state index contributed by atoms with van der Waals surface area (Å²) in [4.78, 5) is 10.8. The molecule has 0 atom stereocenters. The number of likely N-dealkylation sites (tertiary alicyclic amines) is 1. The number of fused-ring (bicyclic) bond motifs is 1. The lowest BCUT2D eigenvalue weighted by Crippen LogP contribution is -2.48. The molecule has 3 rings (SSSR count). The molecule has 0 spiro atoms. The van der Waals surface area contributed by atoms with Crippen molar-refractivity contribution in [1.29, 1.82) is 0 Å². The number of nitrogens with one attached hydrogen (secondary N) is 3. The van der Waals surface area contributed by atoms with E-state index < -0.39 is 0 Å². The lowest BCUT2D eigenvalue weighted by molar-refractivity contribution is 0.225. The van der Waals surface area contributed by atoms with Gasteiger partial charge in [0.1, 0.15) is 0 Å². The molecule has 5 nitrogen and oxygen atoms in total. The number of rotatable bonds is 8. The van der Waals surface area contributed by atoms with Crippen molar-refractivity contribution >= 4 is 16.9 Å². The zero-order chi connectivity index (χ0) is 19.8. The number of hydrogen-bond acceptors (Lipinski definition) is 2. The number of aromatic nitrogens is 1. The summed E-state index contributed by atoms with van der Waals surface area (Å²) in [6, 6.07) is 7.07. The van der Waals surface area contributed by atoms with Gasteiger partial charge in [-0.3, -0.25) is 9.89 Å². The van der Waals surface area contributed by atoms with Crippen LogP contribution >= 0.6 is 0 Å². The van der Waals surface area contributed by atoms with Crippen LogP contribution in [0.25, 0.3) is 10.9 Å². The molecule has 0 amide bonds. The standard InChI is InChI=1S/C23H35N5/c1-4-14-28-15-11-20(12-16-28)27-23(24-6-3)25-13-10-19-17-26-22-18(5-2)8-7-9-21(19)22/h4,7-9,17,20,26H,1,5-6,10-16H2,2-3H3,(H2,24,25,27). The molecule has 1 fully saturated rings. The summed E-state index contributed by atoms with van der Waals surface area (Å²) < 4.78 is 0. The predicted octanol–water partition coefficient (Wildman–Crippen LogP) is 3.48. The van der Waals surface area contributed by atoms with Crippen LogP contribution in [0.15, 0.2) is 42.0 Å². The van der Waals surface area contributed by atoms with Crippen LogP contribution in [0.2, 0.25) is 0 Å². The smallest absolute Gasteiger partial charge is 0.191 e. The molecule has 0 aliphatic carbocycles. The third-order valence-electron chi connectivity index (χ3n) is 5.58. The van der Waals surface area contributed by atoms with Crippen LogP contribution < -0.4 is 10.6 Å². The first-order valence-electron chi connectivity index (χ1n) is 10.7. The van der Waals surface area contributed by atoms with Crippen molar-refractivity contribution in [1.82, 2.24) is 20.5 Å². The van der Waals surface area contributed by atoms with Gasteiger partial charge in [0.25, 0.3) is 0 Å². The molecule has 152 valence electrons. The second kappa shape index (κ2) is 10.3. The highest BCUT2D eigenvalue weighted by molar-refractivity contribution is 5.86. The van der Waals surface area contributed by atoms with Crippen LogP contribution in [0.5, 0.6) is 0 Å². The first kappa shape index (κ1) is 20.5. The summed E-state index contributed by atoms with van der Waals surface area (Å²) in [5.41, 5.74) is 4.01. The molecule has 0 saturated carbocycles. The maximum Gasteiger partial charge on any atom is 0.191 e. The topological polar surface area (TPSA) is 55.5 Å². The van der Waals surface area contributed by atoms with E-state index in [1.807, 2.05) is 6.08 Å². The molecule has 0 radical (unpaired) electrons. The highest BCUT2D eigenvalue weighted by Crippen LogP contribution is 2.22. The van der Waals surface area contributed by atoms with Crippen molar-refractivity contribution in [2.24, 2.45) is 4.99 Å². The molecule has 1 aliphatic rings. The fraction of sp³-hybridized carbons (Fsp3) is 0.522. The number of aryl methyl sites for hydroxylation is 1. The second-order valence-corrected chi connectivity index (χ2v) is 7.53. The Morgan fingerprint density at radius 1 is 1.29 bits per heavy atom. The van der Waals surface area contributed by atoms with E-state index >= 15 is 0 Å². The van der Waals surface area contributed by atoms with Crippen LogP contribution in [-0.4, -0.2) is 54.6 Å². The zero-order valence-electron chi connectivity index (χ0n) is 17.4. The molecule has 1 saturated heterocycles. The van der Waals surface area contributed by atoms with E-state index in [0.717, 1.165) is 64.4 Å². The first-order valence-corrected chi connectivity index (χ1v) is 10.7. The van der Waals surface area contributed by atoms with Crippen molar-refractivity contribution in [3.63, 3.8) is 0 Å².